The van der Waals surface area contributed by atoms with Crippen molar-refractivity contribution in [3.05, 3.63) is 90.1 Å². The van der Waals surface area contributed by atoms with Crippen LogP contribution >= 0.6 is 0 Å². The van der Waals surface area contributed by atoms with Crippen molar-refractivity contribution >= 4 is 57.6 Å². The van der Waals surface area contributed by atoms with Gasteiger partial charge in [0.2, 0.25) is 5.91 Å². The molecular formula is C33H35N7O6. The molecule has 0 bridgehead atoms. The molecule has 3 amide bonds. The van der Waals surface area contributed by atoms with Crippen molar-refractivity contribution in [1.29, 1.82) is 0 Å². The van der Waals surface area contributed by atoms with Gasteiger partial charge in [-0.2, -0.15) is 5.90 Å². The Hall–Kier alpha value is -5.53. The van der Waals surface area contributed by atoms with Crippen LogP contribution in [0.2, 0.25) is 0 Å². The highest BCUT2D eigenvalue weighted by Crippen LogP contribution is 2.30. The van der Waals surface area contributed by atoms with E-state index >= 15 is 0 Å². The molecule has 5 rings (SSSR count). The smallest absolute Gasteiger partial charge is 0.347 e. The Bertz CT molecular complexity index is 1830. The molecule has 0 fully saturated rings. The number of carbonyl (C=O) groups excluding carboxylic acids is 5. The van der Waals surface area contributed by atoms with Gasteiger partial charge in [-0.15, -0.1) is 0 Å². The molecule has 0 spiro atoms. The second-order valence-corrected chi connectivity index (χ2v) is 11.6. The number of carbonyl (C=O) groups is 5. The van der Waals surface area contributed by atoms with Gasteiger partial charge in [-0.1, -0.05) is 30.3 Å². The van der Waals surface area contributed by atoms with Crippen molar-refractivity contribution in [1.82, 2.24) is 9.47 Å². The van der Waals surface area contributed by atoms with Gasteiger partial charge in [-0.05, 0) is 61.9 Å². The van der Waals surface area contributed by atoms with Crippen molar-refractivity contribution in [3.8, 4) is 0 Å². The number of rotatable bonds is 9. The molecule has 238 valence electrons. The number of nitrogens with zero attached hydrogens (tertiary/aromatic N) is 4. The van der Waals surface area contributed by atoms with Crippen LogP contribution in [0.4, 0.5) is 21.9 Å². The molecule has 0 saturated heterocycles. The van der Waals surface area contributed by atoms with Gasteiger partial charge in [-0.25, -0.2) is 15.6 Å². The monoisotopic (exact) mass is 625 g/mol. The lowest BCUT2D eigenvalue weighted by molar-refractivity contribution is -0.144. The number of para-hydroxylation sites is 1. The standard InChI is InChI=1S/C33H35N7O6/c1-33(2,36-23-10-13-27-25(19-23)31(44)38(16-15-30(43)46-35)20-29(42)37(27)3)28(41)18-21-8-11-24(12-9-21)40(34)32(45)39-17-14-22-6-4-5-7-26(22)39/h4-14,17,19,36H,15-16,18,20,34-35H2,1-3H3. The van der Waals surface area contributed by atoms with Gasteiger partial charge in [0, 0.05) is 37.3 Å². The van der Waals surface area contributed by atoms with Gasteiger partial charge in [-0.3, -0.25) is 23.7 Å². The Balaban J connectivity index is 1.27. The highest BCUT2D eigenvalue weighted by molar-refractivity contribution is 6.10. The molecule has 4 aromatic rings. The van der Waals surface area contributed by atoms with E-state index in [1.807, 2.05) is 30.3 Å². The Morgan fingerprint density at radius 2 is 1.72 bits per heavy atom. The first kappa shape index (κ1) is 31.9. The topological polar surface area (TPSA) is 173 Å². The number of likely N-dealkylation sites (N-methyl/N-ethyl adjacent to an activating group) is 1. The summed E-state index contributed by atoms with van der Waals surface area (Å²) < 4.78 is 1.47. The zero-order chi connectivity index (χ0) is 33.2. The van der Waals surface area contributed by atoms with E-state index in [-0.39, 0.29) is 43.2 Å². The number of fused-ring (bicyclic) bond motifs is 2. The minimum absolute atomic E-state index is 0.0480. The third-order valence-corrected chi connectivity index (χ3v) is 8.04. The average Bonchev–Trinajstić information content (AvgIpc) is 3.46. The fourth-order valence-corrected chi connectivity index (χ4v) is 5.28. The van der Waals surface area contributed by atoms with Crippen LogP contribution in [0, 0.1) is 0 Å². The maximum Gasteiger partial charge on any atom is 0.347 e. The predicted molar refractivity (Wildman–Crippen MR) is 173 cm³/mol. The van der Waals surface area contributed by atoms with Crippen LogP contribution in [-0.4, -0.2) is 64.7 Å². The van der Waals surface area contributed by atoms with E-state index in [1.165, 1.54) is 14.4 Å². The first-order valence-corrected chi connectivity index (χ1v) is 14.5. The summed E-state index contributed by atoms with van der Waals surface area (Å²) in [5.41, 5.74) is 2.03. The van der Waals surface area contributed by atoms with E-state index in [1.54, 1.807) is 69.6 Å². The van der Waals surface area contributed by atoms with Crippen LogP contribution in [0.15, 0.2) is 79.0 Å². The minimum atomic E-state index is -1.04. The average molecular weight is 626 g/mol. The molecular weight excluding hydrogens is 590 g/mol. The van der Waals surface area contributed by atoms with E-state index in [2.05, 4.69) is 10.2 Å². The van der Waals surface area contributed by atoms with E-state index in [4.69, 9.17) is 11.7 Å². The minimum Gasteiger partial charge on any atom is -0.373 e. The van der Waals surface area contributed by atoms with Crippen LogP contribution in [-0.2, 0) is 25.6 Å². The number of anilines is 3. The third-order valence-electron chi connectivity index (χ3n) is 8.04. The number of Topliss-reactive ketones (excluding diaryl/α,β-unsaturated/α-hetero) is 1. The summed E-state index contributed by atoms with van der Waals surface area (Å²) in [6.07, 6.45) is 1.59. The Kier molecular flexibility index (Phi) is 8.89. The quantitative estimate of drug-likeness (QED) is 0.143. The number of hydrazine groups is 1. The summed E-state index contributed by atoms with van der Waals surface area (Å²) in [6, 6.07) is 20.7. The van der Waals surface area contributed by atoms with Gasteiger partial charge in [0.25, 0.3) is 5.91 Å². The van der Waals surface area contributed by atoms with Crippen molar-refractivity contribution in [3.63, 3.8) is 0 Å². The number of aromatic nitrogens is 1. The fraction of sp³-hybridized carbons (Fsp3) is 0.242. The van der Waals surface area contributed by atoms with Gasteiger partial charge in [0.05, 0.1) is 34.4 Å². The summed E-state index contributed by atoms with van der Waals surface area (Å²) >= 11 is 0. The summed E-state index contributed by atoms with van der Waals surface area (Å²) in [5.74, 6) is 9.48. The highest BCUT2D eigenvalue weighted by atomic mass is 16.7. The lowest BCUT2D eigenvalue weighted by Gasteiger charge is -2.27. The zero-order valence-corrected chi connectivity index (χ0v) is 25.7. The molecule has 0 saturated carbocycles. The Morgan fingerprint density at radius 3 is 2.43 bits per heavy atom. The van der Waals surface area contributed by atoms with Crippen LogP contribution in [0.25, 0.3) is 10.9 Å². The lowest BCUT2D eigenvalue weighted by Crippen LogP contribution is -2.41. The maximum absolute atomic E-state index is 13.4. The molecule has 1 aliphatic heterocycles. The molecule has 0 radical (unpaired) electrons. The SMILES string of the molecule is CN1C(=O)CN(CCC(=O)ON)C(=O)c2cc(NC(C)(C)C(=O)Cc3ccc(N(N)C(=O)n4ccc5ccccc54)cc3)ccc21. The Labute approximate surface area is 265 Å². The second kappa shape index (κ2) is 12.8. The number of nitrogens with one attached hydrogen (secondary N) is 1. The zero-order valence-electron chi connectivity index (χ0n) is 25.7. The van der Waals surface area contributed by atoms with E-state index in [0.29, 0.717) is 17.1 Å². The number of hydrogen-bond donors (Lipinski definition) is 3. The first-order chi connectivity index (χ1) is 21.9. The number of hydrogen-bond acceptors (Lipinski definition) is 9. The molecule has 1 aliphatic rings. The first-order valence-electron chi connectivity index (χ1n) is 14.5. The molecule has 0 unspecified atom stereocenters. The summed E-state index contributed by atoms with van der Waals surface area (Å²) in [5, 5.41) is 5.19. The van der Waals surface area contributed by atoms with Crippen LogP contribution < -0.4 is 27.0 Å². The van der Waals surface area contributed by atoms with Crippen molar-refractivity contribution in [2.24, 2.45) is 11.7 Å². The Morgan fingerprint density at radius 1 is 1.00 bits per heavy atom. The van der Waals surface area contributed by atoms with Gasteiger partial charge in [0.15, 0.2) is 5.78 Å². The van der Waals surface area contributed by atoms with Crippen LogP contribution in [0.1, 0.15) is 36.2 Å². The summed E-state index contributed by atoms with van der Waals surface area (Å²) in [6.45, 7) is 3.21. The second-order valence-electron chi connectivity index (χ2n) is 11.6. The number of amides is 3. The normalized spacial score (nSPS) is 13.3. The highest BCUT2D eigenvalue weighted by Gasteiger charge is 2.32. The molecule has 2 heterocycles. The maximum atomic E-state index is 13.4. The molecule has 46 heavy (non-hydrogen) atoms. The number of benzene rings is 3. The van der Waals surface area contributed by atoms with Gasteiger partial charge < -0.3 is 20.0 Å². The molecule has 13 heteroatoms. The molecule has 1 aromatic heterocycles. The lowest BCUT2D eigenvalue weighted by atomic mass is 9.93. The van der Waals surface area contributed by atoms with E-state index in [0.717, 1.165) is 21.5 Å². The van der Waals surface area contributed by atoms with Crippen LogP contribution in [0.3, 0.4) is 0 Å². The molecule has 3 aromatic carbocycles. The molecule has 0 atom stereocenters. The summed E-state index contributed by atoms with van der Waals surface area (Å²) in [4.78, 5) is 71.0. The van der Waals surface area contributed by atoms with Crippen molar-refractivity contribution in [2.45, 2.75) is 32.2 Å². The number of nitrogens with two attached hydrogens (primary N) is 2. The van der Waals surface area contributed by atoms with Crippen molar-refractivity contribution < 1.29 is 28.8 Å². The number of ketones is 1. The fourth-order valence-electron chi connectivity index (χ4n) is 5.28. The van der Waals surface area contributed by atoms with Gasteiger partial charge in [0.1, 0.15) is 6.54 Å². The van der Waals surface area contributed by atoms with Gasteiger partial charge >= 0.3 is 12.0 Å². The predicted octanol–water partition coefficient (Wildman–Crippen LogP) is 3.22. The summed E-state index contributed by atoms with van der Waals surface area (Å²) in [7, 11) is 1.57. The van der Waals surface area contributed by atoms with Crippen molar-refractivity contribution in [2.75, 3.05) is 35.4 Å². The molecule has 0 aliphatic carbocycles. The third kappa shape index (κ3) is 6.46. The van der Waals surface area contributed by atoms with E-state index < -0.39 is 23.4 Å². The molecule has 5 N–H and O–H groups in total. The molecule has 13 nitrogen and oxygen atoms in total. The largest absolute Gasteiger partial charge is 0.373 e. The van der Waals surface area contributed by atoms with Crippen LogP contribution in [0.5, 0.6) is 0 Å². The van der Waals surface area contributed by atoms with E-state index in [9.17, 15) is 24.0 Å².